The van der Waals surface area contributed by atoms with Crippen LogP contribution in [0, 0.1) is 12.7 Å². The Labute approximate surface area is 219 Å². The second kappa shape index (κ2) is 10.5. The molecule has 0 spiro atoms. The lowest BCUT2D eigenvalue weighted by molar-refractivity contribution is 0.0999. The summed E-state index contributed by atoms with van der Waals surface area (Å²) in [6.45, 7) is 3.26. The van der Waals surface area contributed by atoms with Gasteiger partial charge in [0.25, 0.3) is 5.56 Å². The third kappa shape index (κ3) is 5.14. The second-order valence-electron chi connectivity index (χ2n) is 9.95. The fourth-order valence-electron chi connectivity index (χ4n) is 4.96. The Morgan fingerprint density at radius 3 is 2.74 bits per heavy atom. The monoisotopic (exact) mass is 521 g/mol. The predicted octanol–water partition coefficient (Wildman–Crippen LogP) is 2.72. The van der Waals surface area contributed by atoms with Crippen molar-refractivity contribution in [3.05, 3.63) is 81.2 Å². The first-order valence-electron chi connectivity index (χ1n) is 12.9. The smallest absolute Gasteiger partial charge is 0.297 e. The van der Waals surface area contributed by atoms with E-state index in [9.17, 15) is 14.0 Å². The summed E-state index contributed by atoms with van der Waals surface area (Å²) < 4.78 is 21.8. The van der Waals surface area contributed by atoms with Crippen molar-refractivity contribution in [1.82, 2.24) is 14.9 Å². The van der Waals surface area contributed by atoms with Crippen LogP contribution >= 0.6 is 0 Å². The third-order valence-corrected chi connectivity index (χ3v) is 7.14. The van der Waals surface area contributed by atoms with E-state index in [1.807, 2.05) is 6.92 Å². The number of primary amides is 1. The van der Waals surface area contributed by atoms with Gasteiger partial charge in [-0.1, -0.05) is 6.07 Å². The van der Waals surface area contributed by atoms with Gasteiger partial charge in [-0.15, -0.1) is 0 Å². The van der Waals surface area contributed by atoms with Crippen LogP contribution in [-0.2, 0) is 5.54 Å². The number of anilines is 1. The molecular formula is C28H32FN5O4. The van der Waals surface area contributed by atoms with Gasteiger partial charge in [0.15, 0.2) is 5.82 Å². The van der Waals surface area contributed by atoms with Crippen LogP contribution in [0.25, 0.3) is 5.69 Å². The summed E-state index contributed by atoms with van der Waals surface area (Å²) in [4.78, 5) is 30.3. The normalized spacial score (nSPS) is 15.8. The molecule has 0 saturated heterocycles. The van der Waals surface area contributed by atoms with Crippen LogP contribution in [0.1, 0.15) is 58.6 Å². The quantitative estimate of drug-likeness (QED) is 0.270. The zero-order valence-corrected chi connectivity index (χ0v) is 21.3. The predicted molar refractivity (Wildman–Crippen MR) is 141 cm³/mol. The number of carbonyl (C=O) groups excluding carboxylic acids is 1. The van der Waals surface area contributed by atoms with Crippen LogP contribution < -0.4 is 26.7 Å². The maximum Gasteiger partial charge on any atom is 0.297 e. The average molecular weight is 522 g/mol. The number of rotatable bonds is 12. The number of aliphatic hydroxyl groups is 1. The van der Waals surface area contributed by atoms with E-state index in [1.54, 1.807) is 30.6 Å². The number of nitrogens with one attached hydrogen (secondary N) is 2. The fourth-order valence-corrected chi connectivity index (χ4v) is 4.96. The molecule has 5 N–H and O–H groups in total. The molecular weight excluding hydrogens is 489 g/mol. The van der Waals surface area contributed by atoms with E-state index in [1.165, 1.54) is 16.7 Å². The molecule has 2 aromatic carbocycles. The third-order valence-electron chi connectivity index (χ3n) is 7.14. The first-order valence-corrected chi connectivity index (χ1v) is 12.9. The summed E-state index contributed by atoms with van der Waals surface area (Å²) in [7, 11) is 0. The minimum Gasteiger partial charge on any atom is -0.492 e. The number of amides is 1. The Bertz CT molecular complexity index is 1410. The summed E-state index contributed by atoms with van der Waals surface area (Å²) in [5, 5.41) is 15.3. The topological polar surface area (TPSA) is 132 Å². The zero-order chi connectivity index (χ0) is 26.9. The number of benzene rings is 2. The number of hydrogen-bond acceptors (Lipinski definition) is 7. The minimum atomic E-state index is -0.690. The van der Waals surface area contributed by atoms with Crippen molar-refractivity contribution in [2.75, 3.05) is 31.6 Å². The molecule has 0 aliphatic heterocycles. The van der Waals surface area contributed by atoms with Gasteiger partial charge in [-0.3, -0.25) is 14.2 Å². The maximum atomic E-state index is 14.3. The lowest BCUT2D eigenvalue weighted by atomic mass is 9.96. The highest BCUT2D eigenvalue weighted by atomic mass is 19.1. The molecule has 0 bridgehead atoms. The summed E-state index contributed by atoms with van der Waals surface area (Å²) in [6, 6.07) is 7.90. The fraction of sp³-hybridized carbons (Fsp3) is 0.393. The van der Waals surface area contributed by atoms with E-state index in [2.05, 4.69) is 15.6 Å². The molecule has 10 heteroatoms. The van der Waals surface area contributed by atoms with Crippen molar-refractivity contribution >= 4 is 11.7 Å². The average Bonchev–Trinajstić information content (AvgIpc) is 3.82. The molecule has 38 heavy (non-hydrogen) atoms. The Kier molecular flexibility index (Phi) is 7.18. The van der Waals surface area contributed by atoms with Crippen LogP contribution in [0.15, 0.2) is 47.5 Å². The summed E-state index contributed by atoms with van der Waals surface area (Å²) in [5.74, 6) is -0.0756. The van der Waals surface area contributed by atoms with Crippen LogP contribution in [0.4, 0.5) is 10.2 Å². The Morgan fingerprint density at radius 2 is 2.05 bits per heavy atom. The minimum absolute atomic E-state index is 0.0327. The van der Waals surface area contributed by atoms with Gasteiger partial charge >= 0.3 is 0 Å². The number of halogens is 1. The second-order valence-corrected chi connectivity index (χ2v) is 9.95. The number of aromatic nitrogens is 2. The van der Waals surface area contributed by atoms with Gasteiger partial charge in [0.05, 0.1) is 17.8 Å². The molecule has 3 aromatic rings. The van der Waals surface area contributed by atoms with E-state index in [4.69, 9.17) is 15.6 Å². The Hall–Kier alpha value is -3.76. The highest BCUT2D eigenvalue weighted by Crippen LogP contribution is 2.51. The number of aliphatic hydroxyl groups excluding tert-OH is 1. The van der Waals surface area contributed by atoms with E-state index >= 15 is 0 Å². The molecule has 2 fully saturated rings. The number of aryl methyl sites for hydroxylation is 1. The van der Waals surface area contributed by atoms with E-state index in [0.717, 1.165) is 24.0 Å². The summed E-state index contributed by atoms with van der Waals surface area (Å²) in [5.41, 5.74) is 8.00. The zero-order valence-electron chi connectivity index (χ0n) is 21.3. The highest BCUT2D eigenvalue weighted by Gasteiger charge is 2.47. The van der Waals surface area contributed by atoms with Gasteiger partial charge in [0.2, 0.25) is 5.91 Å². The molecule has 0 atom stereocenters. The van der Waals surface area contributed by atoms with E-state index in [0.29, 0.717) is 55.1 Å². The number of nitrogens with zero attached hydrogens (tertiary/aromatic N) is 2. The summed E-state index contributed by atoms with van der Waals surface area (Å²) >= 11 is 0. The largest absolute Gasteiger partial charge is 0.492 e. The van der Waals surface area contributed by atoms with Crippen molar-refractivity contribution < 1.29 is 19.0 Å². The highest BCUT2D eigenvalue weighted by molar-refractivity contribution is 5.96. The standard InChI is InChI=1S/C28H32FN5O4/c1-17-2-6-20(25(30)36)23(18-3-4-18)24(17)34-13-10-32-26(27(34)37)33-28(8-9-28)21-16-19(29)5-7-22(21)38-15-12-31-11-14-35/h2,5-7,10,13,16,18,31,35H,3-4,8-9,11-12,14-15H2,1H3,(H2,30,36)(H,32,33). The lowest BCUT2D eigenvalue weighted by Gasteiger charge is -2.23. The molecule has 200 valence electrons. The molecule has 0 radical (unpaired) electrons. The van der Waals surface area contributed by atoms with Crippen molar-refractivity contribution in [2.45, 2.75) is 44.1 Å². The SMILES string of the molecule is Cc1ccc(C(N)=O)c(C2CC2)c1-n1ccnc(NC2(c3cc(F)ccc3OCCNCCO)CC2)c1=O. The molecule has 9 nitrogen and oxygen atoms in total. The van der Waals surface area contributed by atoms with Gasteiger partial charge in [-0.05, 0) is 73.9 Å². The van der Waals surface area contributed by atoms with Crippen LogP contribution in [-0.4, -0.2) is 46.9 Å². The molecule has 2 aliphatic rings. The molecule has 0 unspecified atom stereocenters. The van der Waals surface area contributed by atoms with Crippen molar-refractivity contribution in [3.63, 3.8) is 0 Å². The molecule has 5 rings (SSSR count). The van der Waals surface area contributed by atoms with E-state index in [-0.39, 0.29) is 23.9 Å². The molecule has 1 amide bonds. The maximum absolute atomic E-state index is 14.3. The summed E-state index contributed by atoms with van der Waals surface area (Å²) in [6.07, 6.45) is 6.36. The van der Waals surface area contributed by atoms with Crippen LogP contribution in [0.2, 0.25) is 0 Å². The first kappa shape index (κ1) is 25.9. The van der Waals surface area contributed by atoms with Gasteiger partial charge in [0, 0.05) is 36.6 Å². The molecule has 1 aromatic heterocycles. The Morgan fingerprint density at radius 1 is 1.26 bits per heavy atom. The van der Waals surface area contributed by atoms with E-state index < -0.39 is 17.3 Å². The number of hydrogen-bond donors (Lipinski definition) is 4. The van der Waals surface area contributed by atoms with Gasteiger partial charge in [0.1, 0.15) is 18.2 Å². The van der Waals surface area contributed by atoms with Crippen LogP contribution in [0.5, 0.6) is 5.75 Å². The lowest BCUT2D eigenvalue weighted by Crippen LogP contribution is -2.30. The first-order chi connectivity index (χ1) is 18.3. The molecule has 2 saturated carbocycles. The van der Waals surface area contributed by atoms with Crippen molar-refractivity contribution in [1.29, 1.82) is 0 Å². The van der Waals surface area contributed by atoms with Crippen LogP contribution in [0.3, 0.4) is 0 Å². The van der Waals surface area contributed by atoms with Gasteiger partial charge in [-0.2, -0.15) is 0 Å². The molecule has 2 aliphatic carbocycles. The van der Waals surface area contributed by atoms with Gasteiger partial charge < -0.3 is 26.2 Å². The Balaban J connectivity index is 1.48. The van der Waals surface area contributed by atoms with Crippen molar-refractivity contribution in [2.24, 2.45) is 5.73 Å². The number of nitrogens with two attached hydrogens (primary N) is 1. The molecule has 1 heterocycles. The number of ether oxygens (including phenoxy) is 1. The van der Waals surface area contributed by atoms with Gasteiger partial charge in [-0.25, -0.2) is 9.37 Å². The number of carbonyl (C=O) groups is 1. The van der Waals surface area contributed by atoms with Crippen molar-refractivity contribution in [3.8, 4) is 11.4 Å².